The summed E-state index contributed by atoms with van der Waals surface area (Å²) in [5, 5.41) is 0. The Morgan fingerprint density at radius 2 is 1.78 bits per heavy atom. The fourth-order valence-electron chi connectivity index (χ4n) is 2.11. The van der Waals surface area contributed by atoms with E-state index < -0.39 is 0 Å². The van der Waals surface area contributed by atoms with Crippen molar-refractivity contribution in [3.05, 3.63) is 29.8 Å². The van der Waals surface area contributed by atoms with Crippen LogP contribution in [0.5, 0.6) is 0 Å². The number of para-hydroxylation sites is 1. The summed E-state index contributed by atoms with van der Waals surface area (Å²) < 4.78 is 0. The molecule has 0 heterocycles. The molecule has 1 aromatic carbocycles. The fourth-order valence-corrected chi connectivity index (χ4v) is 2.11. The van der Waals surface area contributed by atoms with E-state index in [1.807, 2.05) is 0 Å². The predicted octanol–water partition coefficient (Wildman–Crippen LogP) is 2.48. The van der Waals surface area contributed by atoms with E-state index in [9.17, 15) is 0 Å². The van der Waals surface area contributed by atoms with Gasteiger partial charge >= 0.3 is 0 Å². The first-order valence-corrected chi connectivity index (χ1v) is 6.76. The van der Waals surface area contributed by atoms with E-state index in [0.29, 0.717) is 0 Å². The molecule has 102 valence electrons. The second kappa shape index (κ2) is 7.39. The lowest BCUT2D eigenvalue weighted by molar-refractivity contribution is 0.401. The van der Waals surface area contributed by atoms with Crippen LogP contribution in [0, 0.1) is 0 Å². The number of benzene rings is 1. The van der Waals surface area contributed by atoms with Crippen molar-refractivity contribution >= 4 is 5.69 Å². The van der Waals surface area contributed by atoms with E-state index in [1.54, 1.807) is 0 Å². The van der Waals surface area contributed by atoms with Crippen LogP contribution in [0.15, 0.2) is 24.3 Å². The highest BCUT2D eigenvalue weighted by atomic mass is 15.1. The van der Waals surface area contributed by atoms with Gasteiger partial charge in [-0.1, -0.05) is 25.1 Å². The van der Waals surface area contributed by atoms with Crippen LogP contribution in [0.4, 0.5) is 5.69 Å². The first-order chi connectivity index (χ1) is 8.56. The highest BCUT2D eigenvalue weighted by Gasteiger charge is 2.11. The molecule has 0 unspecified atom stereocenters. The number of hydrogen-bond acceptors (Lipinski definition) is 3. The second-order valence-electron chi connectivity index (χ2n) is 5.15. The van der Waals surface area contributed by atoms with Crippen molar-refractivity contribution in [2.24, 2.45) is 5.73 Å². The third-order valence-electron chi connectivity index (χ3n) is 3.29. The van der Waals surface area contributed by atoms with Crippen molar-refractivity contribution in [3.63, 3.8) is 0 Å². The van der Waals surface area contributed by atoms with E-state index >= 15 is 0 Å². The SMILES string of the molecule is CC[C@@H](N)c1ccccc1N(C)CCCN(C)C. The van der Waals surface area contributed by atoms with Crippen LogP contribution in [0.3, 0.4) is 0 Å². The number of nitrogens with two attached hydrogens (primary N) is 1. The minimum absolute atomic E-state index is 0.137. The number of hydrogen-bond donors (Lipinski definition) is 1. The molecule has 1 atom stereocenters. The molecule has 0 aliphatic carbocycles. The van der Waals surface area contributed by atoms with E-state index in [2.05, 4.69) is 62.1 Å². The van der Waals surface area contributed by atoms with Crippen molar-refractivity contribution in [1.82, 2.24) is 4.90 Å². The van der Waals surface area contributed by atoms with Crippen molar-refractivity contribution in [2.45, 2.75) is 25.8 Å². The molecular formula is C15H27N3. The molecule has 0 saturated carbocycles. The lowest BCUT2D eigenvalue weighted by atomic mass is 10.0. The van der Waals surface area contributed by atoms with Crippen molar-refractivity contribution < 1.29 is 0 Å². The molecule has 0 spiro atoms. The molecule has 0 aliphatic rings. The zero-order valence-corrected chi connectivity index (χ0v) is 12.2. The van der Waals surface area contributed by atoms with Crippen LogP contribution in [0.25, 0.3) is 0 Å². The van der Waals surface area contributed by atoms with Crippen LogP contribution in [0.2, 0.25) is 0 Å². The molecule has 18 heavy (non-hydrogen) atoms. The van der Waals surface area contributed by atoms with E-state index in [0.717, 1.165) is 19.5 Å². The van der Waals surface area contributed by atoms with Crippen LogP contribution in [-0.2, 0) is 0 Å². The maximum absolute atomic E-state index is 6.17. The van der Waals surface area contributed by atoms with Gasteiger partial charge in [-0.15, -0.1) is 0 Å². The molecule has 3 nitrogen and oxygen atoms in total. The van der Waals surface area contributed by atoms with E-state index in [1.165, 1.54) is 17.7 Å². The van der Waals surface area contributed by atoms with Gasteiger partial charge in [-0.25, -0.2) is 0 Å². The Morgan fingerprint density at radius 3 is 2.39 bits per heavy atom. The largest absolute Gasteiger partial charge is 0.374 e. The monoisotopic (exact) mass is 249 g/mol. The highest BCUT2D eigenvalue weighted by molar-refractivity contribution is 5.54. The first kappa shape index (κ1) is 15.0. The van der Waals surface area contributed by atoms with Crippen LogP contribution < -0.4 is 10.6 Å². The molecular weight excluding hydrogens is 222 g/mol. The van der Waals surface area contributed by atoms with Gasteiger partial charge in [0.2, 0.25) is 0 Å². The molecule has 2 N–H and O–H groups in total. The van der Waals surface area contributed by atoms with Gasteiger partial charge in [0.1, 0.15) is 0 Å². The average molecular weight is 249 g/mol. The van der Waals surface area contributed by atoms with Crippen molar-refractivity contribution in [1.29, 1.82) is 0 Å². The first-order valence-electron chi connectivity index (χ1n) is 6.76. The molecule has 0 fully saturated rings. The molecule has 0 amide bonds. The van der Waals surface area contributed by atoms with Crippen LogP contribution in [0.1, 0.15) is 31.4 Å². The Labute approximate surface area is 112 Å². The maximum atomic E-state index is 6.17. The smallest absolute Gasteiger partial charge is 0.0412 e. The standard InChI is InChI=1S/C15H27N3/c1-5-14(16)13-9-6-7-10-15(13)18(4)12-8-11-17(2)3/h6-7,9-10,14H,5,8,11-12,16H2,1-4H3/t14-/m1/s1. The van der Waals surface area contributed by atoms with Gasteiger partial charge in [0.05, 0.1) is 0 Å². The summed E-state index contributed by atoms with van der Waals surface area (Å²) in [5.74, 6) is 0. The Morgan fingerprint density at radius 1 is 1.11 bits per heavy atom. The number of anilines is 1. The Balaban J connectivity index is 2.69. The van der Waals surface area contributed by atoms with Crippen LogP contribution in [-0.4, -0.2) is 39.1 Å². The van der Waals surface area contributed by atoms with Gasteiger partial charge in [-0.3, -0.25) is 0 Å². The summed E-state index contributed by atoms with van der Waals surface area (Å²) in [5.41, 5.74) is 8.70. The quantitative estimate of drug-likeness (QED) is 0.806. The molecule has 0 aliphatic heterocycles. The fraction of sp³-hybridized carbons (Fsp3) is 0.600. The number of rotatable bonds is 7. The highest BCUT2D eigenvalue weighted by Crippen LogP contribution is 2.25. The third-order valence-corrected chi connectivity index (χ3v) is 3.29. The molecule has 0 bridgehead atoms. The van der Waals surface area contributed by atoms with Crippen molar-refractivity contribution in [3.8, 4) is 0 Å². The van der Waals surface area contributed by atoms with Crippen molar-refractivity contribution in [2.75, 3.05) is 39.1 Å². The Kier molecular flexibility index (Phi) is 6.16. The Bertz CT molecular complexity index is 349. The summed E-state index contributed by atoms with van der Waals surface area (Å²) in [4.78, 5) is 4.53. The lowest BCUT2D eigenvalue weighted by Gasteiger charge is -2.25. The zero-order chi connectivity index (χ0) is 13.5. The molecule has 0 radical (unpaired) electrons. The third kappa shape index (κ3) is 4.31. The lowest BCUT2D eigenvalue weighted by Crippen LogP contribution is -2.25. The average Bonchev–Trinajstić information content (AvgIpc) is 2.37. The summed E-state index contributed by atoms with van der Waals surface area (Å²) in [6.45, 7) is 4.31. The summed E-state index contributed by atoms with van der Waals surface area (Å²) >= 11 is 0. The summed E-state index contributed by atoms with van der Waals surface area (Å²) in [6.07, 6.45) is 2.14. The number of nitrogens with zero attached hydrogens (tertiary/aromatic N) is 2. The van der Waals surface area contributed by atoms with Gasteiger partial charge < -0.3 is 15.5 Å². The maximum Gasteiger partial charge on any atom is 0.0412 e. The van der Waals surface area contributed by atoms with Gasteiger partial charge in [0, 0.05) is 25.3 Å². The molecule has 1 rings (SSSR count). The molecule has 0 saturated heterocycles. The summed E-state index contributed by atoms with van der Waals surface area (Å²) in [7, 11) is 6.37. The van der Waals surface area contributed by atoms with Gasteiger partial charge in [0.15, 0.2) is 0 Å². The summed E-state index contributed by atoms with van der Waals surface area (Å²) in [6, 6.07) is 8.61. The Hall–Kier alpha value is -1.06. The van der Waals surface area contributed by atoms with Crippen LogP contribution >= 0.6 is 0 Å². The van der Waals surface area contributed by atoms with Gasteiger partial charge in [-0.2, -0.15) is 0 Å². The normalized spacial score (nSPS) is 12.8. The van der Waals surface area contributed by atoms with Gasteiger partial charge in [-0.05, 0) is 45.1 Å². The molecule has 3 heteroatoms. The minimum Gasteiger partial charge on any atom is -0.374 e. The zero-order valence-electron chi connectivity index (χ0n) is 12.2. The molecule has 0 aromatic heterocycles. The topological polar surface area (TPSA) is 32.5 Å². The minimum atomic E-state index is 0.137. The second-order valence-corrected chi connectivity index (χ2v) is 5.15. The van der Waals surface area contributed by atoms with Gasteiger partial charge in [0.25, 0.3) is 0 Å². The van der Waals surface area contributed by atoms with E-state index in [-0.39, 0.29) is 6.04 Å². The molecule has 1 aromatic rings. The van der Waals surface area contributed by atoms with E-state index in [4.69, 9.17) is 5.73 Å². The predicted molar refractivity (Wildman–Crippen MR) is 80.1 cm³/mol.